The van der Waals surface area contributed by atoms with Gasteiger partial charge in [0.2, 0.25) is 5.91 Å². The van der Waals surface area contributed by atoms with Crippen LogP contribution in [0.2, 0.25) is 0 Å². The molecule has 1 saturated heterocycles. The lowest BCUT2D eigenvalue weighted by molar-refractivity contribution is -0.121. The zero-order valence-corrected chi connectivity index (χ0v) is 16.8. The Kier molecular flexibility index (Phi) is 6.67. The van der Waals surface area contributed by atoms with Crippen molar-refractivity contribution in [1.82, 2.24) is 19.4 Å². The molecule has 3 rings (SSSR count). The van der Waals surface area contributed by atoms with E-state index in [1.807, 2.05) is 13.0 Å². The average Bonchev–Trinajstić information content (AvgIpc) is 2.70. The molecule has 1 aliphatic heterocycles. The van der Waals surface area contributed by atoms with Crippen molar-refractivity contribution in [3.8, 4) is 0 Å². The number of aromatic nitrogens is 2. The van der Waals surface area contributed by atoms with E-state index in [-0.39, 0.29) is 12.5 Å². The molecule has 28 heavy (non-hydrogen) atoms. The predicted molar refractivity (Wildman–Crippen MR) is 111 cm³/mol. The number of hydrogen-bond acceptors (Lipinski definition) is 4. The van der Waals surface area contributed by atoms with Crippen molar-refractivity contribution in [2.75, 3.05) is 19.6 Å². The molecule has 7 heteroatoms. The molecular formula is C21H30N4O3. The number of benzene rings is 1. The van der Waals surface area contributed by atoms with E-state index in [0.29, 0.717) is 30.2 Å². The molecule has 1 atom stereocenters. The fourth-order valence-corrected chi connectivity index (χ4v) is 4.04. The second kappa shape index (κ2) is 9.19. The first-order valence-corrected chi connectivity index (χ1v) is 10.3. The number of para-hydroxylation sites is 2. The van der Waals surface area contributed by atoms with Gasteiger partial charge in [-0.15, -0.1) is 0 Å². The van der Waals surface area contributed by atoms with Crippen molar-refractivity contribution < 1.29 is 4.79 Å². The van der Waals surface area contributed by atoms with Crippen molar-refractivity contribution in [2.24, 2.45) is 0 Å². The van der Waals surface area contributed by atoms with E-state index in [2.05, 4.69) is 17.1 Å². The Bertz CT molecular complexity index is 947. The van der Waals surface area contributed by atoms with E-state index in [9.17, 15) is 14.4 Å². The quantitative estimate of drug-likeness (QED) is 0.579. The lowest BCUT2D eigenvalue weighted by Crippen LogP contribution is -2.44. The summed E-state index contributed by atoms with van der Waals surface area (Å²) in [6, 6.07) is 7.81. The van der Waals surface area contributed by atoms with E-state index in [1.165, 1.54) is 28.4 Å². The number of nitrogens with zero attached hydrogens (tertiary/aromatic N) is 3. The van der Waals surface area contributed by atoms with Crippen LogP contribution in [0, 0.1) is 0 Å². The third-order valence-corrected chi connectivity index (χ3v) is 5.64. The summed E-state index contributed by atoms with van der Waals surface area (Å²) in [4.78, 5) is 39.8. The van der Waals surface area contributed by atoms with Crippen molar-refractivity contribution in [2.45, 2.75) is 58.7 Å². The fourth-order valence-electron chi connectivity index (χ4n) is 4.04. The minimum atomic E-state index is -0.655. The van der Waals surface area contributed by atoms with Crippen LogP contribution in [0.5, 0.6) is 0 Å². The van der Waals surface area contributed by atoms with Crippen LogP contribution in [0.1, 0.15) is 39.5 Å². The zero-order valence-electron chi connectivity index (χ0n) is 16.8. The van der Waals surface area contributed by atoms with Gasteiger partial charge in [0, 0.05) is 25.7 Å². The third kappa shape index (κ3) is 4.35. The number of piperidine rings is 1. The Morgan fingerprint density at radius 3 is 2.46 bits per heavy atom. The number of likely N-dealkylation sites (tertiary alicyclic amines) is 1. The topological polar surface area (TPSA) is 76.3 Å². The summed E-state index contributed by atoms with van der Waals surface area (Å²) in [6.45, 7) is 7.03. The summed E-state index contributed by atoms with van der Waals surface area (Å²) < 4.78 is 2.73. The molecule has 1 aromatic heterocycles. The van der Waals surface area contributed by atoms with Gasteiger partial charge >= 0.3 is 11.1 Å². The van der Waals surface area contributed by atoms with Gasteiger partial charge in [-0.25, -0.2) is 0 Å². The summed E-state index contributed by atoms with van der Waals surface area (Å²) in [7, 11) is 0. The first-order valence-electron chi connectivity index (χ1n) is 10.3. The average molecular weight is 386 g/mol. The summed E-state index contributed by atoms with van der Waals surface area (Å²) in [6.07, 6.45) is 4.67. The second-order valence-electron chi connectivity index (χ2n) is 7.51. The molecule has 2 heterocycles. The number of aryl methyl sites for hydroxylation is 1. The molecule has 0 spiro atoms. The van der Waals surface area contributed by atoms with Gasteiger partial charge in [0.25, 0.3) is 0 Å². The Labute approximate surface area is 165 Å². The first-order chi connectivity index (χ1) is 13.5. The van der Waals surface area contributed by atoms with E-state index < -0.39 is 11.1 Å². The van der Waals surface area contributed by atoms with Crippen molar-refractivity contribution >= 4 is 16.9 Å². The number of carbonyl (C=O) groups excluding carboxylic acids is 1. The zero-order chi connectivity index (χ0) is 20.1. The summed E-state index contributed by atoms with van der Waals surface area (Å²) in [5, 5.41) is 2.89. The third-order valence-electron chi connectivity index (χ3n) is 5.64. The largest absolute Gasteiger partial charge is 0.355 e. The second-order valence-corrected chi connectivity index (χ2v) is 7.51. The lowest BCUT2D eigenvalue weighted by atomic mass is 10.0. The van der Waals surface area contributed by atoms with Gasteiger partial charge in [0.1, 0.15) is 6.54 Å². The van der Waals surface area contributed by atoms with Gasteiger partial charge in [-0.3, -0.25) is 19.0 Å². The lowest BCUT2D eigenvalue weighted by Gasteiger charge is -2.33. The van der Waals surface area contributed by atoms with Crippen LogP contribution in [0.4, 0.5) is 0 Å². The molecule has 0 unspecified atom stereocenters. The van der Waals surface area contributed by atoms with Crippen LogP contribution in [0.3, 0.4) is 0 Å². The van der Waals surface area contributed by atoms with Gasteiger partial charge in [0.15, 0.2) is 0 Å². The number of amides is 1. The molecule has 0 aliphatic carbocycles. The highest BCUT2D eigenvalue weighted by Gasteiger charge is 2.18. The fraction of sp³-hybridized carbons (Fsp3) is 0.571. The van der Waals surface area contributed by atoms with Crippen LogP contribution < -0.4 is 16.4 Å². The number of nitrogens with one attached hydrogen (secondary N) is 1. The Balaban J connectivity index is 1.64. The van der Waals surface area contributed by atoms with Gasteiger partial charge in [-0.1, -0.05) is 18.6 Å². The van der Waals surface area contributed by atoms with Crippen molar-refractivity contribution in [3.63, 3.8) is 0 Å². The molecule has 0 bridgehead atoms. The maximum Gasteiger partial charge on any atom is 0.317 e. The van der Waals surface area contributed by atoms with Gasteiger partial charge < -0.3 is 14.8 Å². The SMILES string of the molecule is CCn1c(=O)c(=O)n(CC(=O)NCCCN2CCCC[C@@H]2C)c2ccccc21. The normalized spacial score (nSPS) is 17.7. The van der Waals surface area contributed by atoms with Gasteiger partial charge in [-0.2, -0.15) is 0 Å². The minimum Gasteiger partial charge on any atom is -0.355 e. The molecule has 0 saturated carbocycles. The summed E-state index contributed by atoms with van der Waals surface area (Å²) in [5.41, 5.74) is 0.0265. The standard InChI is InChI=1S/C21H30N4O3/c1-3-24-17-10-4-5-11-18(17)25(21(28)20(24)27)15-19(26)22-12-8-14-23-13-7-6-9-16(23)2/h4-5,10-11,16H,3,6-9,12-15H2,1-2H3,(H,22,26)/t16-/m0/s1. The van der Waals surface area contributed by atoms with Gasteiger partial charge in [-0.05, 0) is 51.8 Å². The number of hydrogen-bond donors (Lipinski definition) is 1. The molecular weight excluding hydrogens is 356 g/mol. The molecule has 1 fully saturated rings. The predicted octanol–water partition coefficient (Wildman–Crippen LogP) is 1.56. The molecule has 1 N–H and O–H groups in total. The highest BCUT2D eigenvalue weighted by atomic mass is 16.2. The van der Waals surface area contributed by atoms with Crippen LogP contribution in [-0.2, 0) is 17.9 Å². The van der Waals surface area contributed by atoms with E-state index in [4.69, 9.17) is 0 Å². The van der Waals surface area contributed by atoms with Gasteiger partial charge in [0.05, 0.1) is 11.0 Å². The molecule has 1 aromatic carbocycles. The highest BCUT2D eigenvalue weighted by molar-refractivity contribution is 5.80. The Morgan fingerprint density at radius 2 is 1.79 bits per heavy atom. The molecule has 1 aliphatic rings. The van der Waals surface area contributed by atoms with E-state index in [0.717, 1.165) is 19.5 Å². The van der Waals surface area contributed by atoms with E-state index >= 15 is 0 Å². The monoisotopic (exact) mass is 386 g/mol. The Hall–Kier alpha value is -2.41. The molecule has 152 valence electrons. The van der Waals surface area contributed by atoms with E-state index in [1.54, 1.807) is 18.2 Å². The summed E-state index contributed by atoms with van der Waals surface area (Å²) >= 11 is 0. The highest BCUT2D eigenvalue weighted by Crippen LogP contribution is 2.16. The molecule has 7 nitrogen and oxygen atoms in total. The number of carbonyl (C=O) groups is 1. The molecule has 0 radical (unpaired) electrons. The van der Waals surface area contributed by atoms with Crippen LogP contribution in [-0.4, -0.2) is 45.6 Å². The number of fused-ring (bicyclic) bond motifs is 1. The van der Waals surface area contributed by atoms with Crippen molar-refractivity contribution in [3.05, 3.63) is 45.0 Å². The van der Waals surface area contributed by atoms with Crippen LogP contribution in [0.15, 0.2) is 33.9 Å². The minimum absolute atomic E-state index is 0.140. The number of rotatable bonds is 7. The smallest absolute Gasteiger partial charge is 0.317 e. The van der Waals surface area contributed by atoms with Crippen LogP contribution >= 0.6 is 0 Å². The van der Waals surface area contributed by atoms with Crippen molar-refractivity contribution in [1.29, 1.82) is 0 Å². The Morgan fingerprint density at radius 1 is 1.11 bits per heavy atom. The maximum atomic E-state index is 12.5. The van der Waals surface area contributed by atoms with Crippen LogP contribution in [0.25, 0.3) is 11.0 Å². The maximum absolute atomic E-state index is 12.5. The molecule has 1 amide bonds. The molecule has 2 aromatic rings. The first kappa shape index (κ1) is 20.3. The summed E-state index contributed by atoms with van der Waals surface area (Å²) in [5.74, 6) is -0.243.